The standard InChI is InChI=1S/C12H15N3/c1-4-11-7-5-6-9(2)12(11)15-8-13-10(3)14-15/h5-8H,4H2,1-3H3. The zero-order chi connectivity index (χ0) is 10.8. The molecule has 78 valence electrons. The van der Waals surface area contributed by atoms with Crippen molar-refractivity contribution in [2.24, 2.45) is 0 Å². The summed E-state index contributed by atoms with van der Waals surface area (Å²) in [5.41, 5.74) is 3.71. The summed E-state index contributed by atoms with van der Waals surface area (Å²) in [6.45, 7) is 6.16. The van der Waals surface area contributed by atoms with Gasteiger partial charge in [-0.15, -0.1) is 0 Å². The van der Waals surface area contributed by atoms with Crippen LogP contribution in [0.4, 0.5) is 0 Å². The van der Waals surface area contributed by atoms with Gasteiger partial charge in [0.15, 0.2) is 0 Å². The number of aryl methyl sites for hydroxylation is 3. The Bertz CT molecular complexity index is 471. The average molecular weight is 201 g/mol. The number of nitrogens with zero attached hydrogens (tertiary/aromatic N) is 3. The lowest BCUT2D eigenvalue weighted by Gasteiger charge is -2.10. The molecule has 15 heavy (non-hydrogen) atoms. The van der Waals surface area contributed by atoms with Crippen LogP contribution in [0.15, 0.2) is 24.5 Å². The highest BCUT2D eigenvalue weighted by molar-refractivity contribution is 5.46. The lowest BCUT2D eigenvalue weighted by Crippen LogP contribution is -2.02. The van der Waals surface area contributed by atoms with Gasteiger partial charge < -0.3 is 0 Å². The molecule has 0 radical (unpaired) electrons. The van der Waals surface area contributed by atoms with Crippen molar-refractivity contribution in [3.63, 3.8) is 0 Å². The summed E-state index contributed by atoms with van der Waals surface area (Å²) in [4.78, 5) is 4.16. The molecule has 1 aromatic carbocycles. The van der Waals surface area contributed by atoms with Crippen molar-refractivity contribution in [1.82, 2.24) is 14.8 Å². The van der Waals surface area contributed by atoms with Gasteiger partial charge in [-0.05, 0) is 31.4 Å². The molecule has 0 bridgehead atoms. The van der Waals surface area contributed by atoms with Gasteiger partial charge in [-0.1, -0.05) is 25.1 Å². The van der Waals surface area contributed by atoms with Gasteiger partial charge in [0.1, 0.15) is 12.2 Å². The van der Waals surface area contributed by atoms with Gasteiger partial charge in [0.2, 0.25) is 0 Å². The van der Waals surface area contributed by atoms with Crippen molar-refractivity contribution >= 4 is 0 Å². The summed E-state index contributed by atoms with van der Waals surface area (Å²) in [6, 6.07) is 6.33. The Labute approximate surface area is 89.8 Å². The van der Waals surface area contributed by atoms with E-state index in [0.29, 0.717) is 0 Å². The molecule has 0 spiro atoms. The Morgan fingerprint density at radius 1 is 1.27 bits per heavy atom. The van der Waals surface area contributed by atoms with Gasteiger partial charge in [-0.3, -0.25) is 0 Å². The molecule has 3 nitrogen and oxygen atoms in total. The zero-order valence-electron chi connectivity index (χ0n) is 9.36. The molecule has 3 heteroatoms. The Morgan fingerprint density at radius 3 is 2.67 bits per heavy atom. The molecule has 0 fully saturated rings. The Morgan fingerprint density at radius 2 is 2.07 bits per heavy atom. The summed E-state index contributed by atoms with van der Waals surface area (Å²) in [5, 5.41) is 4.36. The first-order chi connectivity index (χ1) is 7.22. The first-order valence-electron chi connectivity index (χ1n) is 5.19. The van der Waals surface area contributed by atoms with Crippen molar-refractivity contribution in [2.75, 3.05) is 0 Å². The lowest BCUT2D eigenvalue weighted by atomic mass is 10.1. The van der Waals surface area contributed by atoms with Crippen LogP contribution in [0, 0.1) is 13.8 Å². The van der Waals surface area contributed by atoms with E-state index >= 15 is 0 Å². The first kappa shape index (κ1) is 9.90. The van der Waals surface area contributed by atoms with E-state index < -0.39 is 0 Å². The van der Waals surface area contributed by atoms with Crippen molar-refractivity contribution in [1.29, 1.82) is 0 Å². The van der Waals surface area contributed by atoms with Crippen LogP contribution in [-0.2, 0) is 6.42 Å². The van der Waals surface area contributed by atoms with Crippen LogP contribution in [0.2, 0.25) is 0 Å². The smallest absolute Gasteiger partial charge is 0.147 e. The predicted molar refractivity (Wildman–Crippen MR) is 60.2 cm³/mol. The number of para-hydroxylation sites is 1. The van der Waals surface area contributed by atoms with Crippen molar-refractivity contribution in [2.45, 2.75) is 27.2 Å². The minimum Gasteiger partial charge on any atom is -0.220 e. The van der Waals surface area contributed by atoms with Gasteiger partial charge in [0.25, 0.3) is 0 Å². The summed E-state index contributed by atoms with van der Waals surface area (Å²) in [6.07, 6.45) is 2.78. The zero-order valence-corrected chi connectivity index (χ0v) is 9.36. The molecular formula is C12H15N3. The third-order valence-corrected chi connectivity index (χ3v) is 2.54. The number of rotatable bonds is 2. The molecule has 0 aliphatic rings. The van der Waals surface area contributed by atoms with E-state index in [0.717, 1.165) is 12.2 Å². The van der Waals surface area contributed by atoms with Crippen LogP contribution in [0.3, 0.4) is 0 Å². The number of hydrogen-bond acceptors (Lipinski definition) is 2. The van der Waals surface area contributed by atoms with Crippen molar-refractivity contribution < 1.29 is 0 Å². The van der Waals surface area contributed by atoms with Gasteiger partial charge in [0.05, 0.1) is 5.69 Å². The van der Waals surface area contributed by atoms with Crippen LogP contribution >= 0.6 is 0 Å². The maximum atomic E-state index is 4.36. The van der Waals surface area contributed by atoms with Crippen LogP contribution < -0.4 is 0 Å². The lowest BCUT2D eigenvalue weighted by molar-refractivity contribution is 0.840. The van der Waals surface area contributed by atoms with E-state index in [-0.39, 0.29) is 0 Å². The third kappa shape index (κ3) is 1.77. The minimum absolute atomic E-state index is 0.806. The third-order valence-electron chi connectivity index (χ3n) is 2.54. The molecule has 2 rings (SSSR count). The van der Waals surface area contributed by atoms with Gasteiger partial charge in [0, 0.05) is 0 Å². The van der Waals surface area contributed by atoms with E-state index in [4.69, 9.17) is 0 Å². The highest BCUT2D eigenvalue weighted by Gasteiger charge is 2.07. The highest BCUT2D eigenvalue weighted by Crippen LogP contribution is 2.18. The Balaban J connectivity index is 2.60. The summed E-state index contributed by atoms with van der Waals surface area (Å²) in [7, 11) is 0. The summed E-state index contributed by atoms with van der Waals surface area (Å²) < 4.78 is 1.86. The minimum atomic E-state index is 0.806. The van der Waals surface area contributed by atoms with Crippen LogP contribution in [0.25, 0.3) is 5.69 Å². The van der Waals surface area contributed by atoms with E-state index in [1.54, 1.807) is 6.33 Å². The van der Waals surface area contributed by atoms with E-state index in [1.165, 1.54) is 16.8 Å². The van der Waals surface area contributed by atoms with Gasteiger partial charge in [-0.2, -0.15) is 5.10 Å². The number of hydrogen-bond donors (Lipinski definition) is 0. The second kappa shape index (κ2) is 3.85. The maximum Gasteiger partial charge on any atom is 0.147 e. The Kier molecular flexibility index (Phi) is 2.54. The largest absolute Gasteiger partial charge is 0.220 e. The van der Waals surface area contributed by atoms with Crippen molar-refractivity contribution in [3.05, 3.63) is 41.5 Å². The number of benzene rings is 1. The fourth-order valence-corrected chi connectivity index (χ4v) is 1.79. The molecule has 0 unspecified atom stereocenters. The topological polar surface area (TPSA) is 30.7 Å². The fourth-order valence-electron chi connectivity index (χ4n) is 1.79. The molecule has 0 aliphatic heterocycles. The molecule has 0 atom stereocenters. The van der Waals surface area contributed by atoms with E-state index in [2.05, 4.69) is 42.1 Å². The Hall–Kier alpha value is -1.64. The molecule has 2 aromatic rings. The van der Waals surface area contributed by atoms with Gasteiger partial charge >= 0.3 is 0 Å². The molecular weight excluding hydrogens is 186 g/mol. The molecule has 1 aromatic heterocycles. The van der Waals surface area contributed by atoms with Crippen LogP contribution in [0.1, 0.15) is 23.9 Å². The highest BCUT2D eigenvalue weighted by atomic mass is 15.3. The van der Waals surface area contributed by atoms with Gasteiger partial charge in [-0.25, -0.2) is 9.67 Å². The molecule has 0 N–H and O–H groups in total. The first-order valence-corrected chi connectivity index (χ1v) is 5.19. The quantitative estimate of drug-likeness (QED) is 0.747. The molecule has 0 aliphatic carbocycles. The van der Waals surface area contributed by atoms with Crippen LogP contribution in [0.5, 0.6) is 0 Å². The summed E-state index contributed by atoms with van der Waals surface area (Å²) >= 11 is 0. The average Bonchev–Trinajstić information content (AvgIpc) is 2.64. The second-order valence-electron chi connectivity index (χ2n) is 3.67. The van der Waals surface area contributed by atoms with E-state index in [9.17, 15) is 0 Å². The second-order valence-corrected chi connectivity index (χ2v) is 3.67. The molecule has 1 heterocycles. The maximum absolute atomic E-state index is 4.36. The molecule has 0 amide bonds. The van der Waals surface area contributed by atoms with E-state index in [1.807, 2.05) is 11.6 Å². The summed E-state index contributed by atoms with van der Waals surface area (Å²) in [5.74, 6) is 0.806. The monoisotopic (exact) mass is 201 g/mol. The normalized spacial score (nSPS) is 10.6. The van der Waals surface area contributed by atoms with Crippen LogP contribution in [-0.4, -0.2) is 14.8 Å². The van der Waals surface area contributed by atoms with Crippen molar-refractivity contribution in [3.8, 4) is 5.69 Å². The molecule has 0 saturated heterocycles. The number of aromatic nitrogens is 3. The predicted octanol–water partition coefficient (Wildman–Crippen LogP) is 2.45. The SMILES string of the molecule is CCc1cccc(C)c1-n1cnc(C)n1. The fraction of sp³-hybridized carbons (Fsp3) is 0.333. The molecule has 0 saturated carbocycles.